The molecule has 12 heavy (non-hydrogen) atoms. The first-order valence-corrected chi connectivity index (χ1v) is 4.49. The van der Waals surface area contributed by atoms with Crippen molar-refractivity contribution < 1.29 is 0 Å². The van der Waals surface area contributed by atoms with Crippen molar-refractivity contribution in [3.05, 3.63) is 10.6 Å². The summed E-state index contributed by atoms with van der Waals surface area (Å²) in [6.07, 6.45) is 1.17. The van der Waals surface area contributed by atoms with E-state index < -0.39 is 0 Å². The van der Waals surface area contributed by atoms with Crippen LogP contribution in [0.25, 0.3) is 0 Å². The van der Waals surface area contributed by atoms with Crippen LogP contribution in [0.4, 0.5) is 0 Å². The molecule has 4 nitrogen and oxygen atoms in total. The Morgan fingerprint density at radius 3 is 2.92 bits per heavy atom. The highest BCUT2D eigenvalue weighted by Crippen LogP contribution is 2.22. The number of hydrogen-bond donors (Lipinski definition) is 2. The van der Waals surface area contributed by atoms with Crippen molar-refractivity contribution in [3.8, 4) is 0 Å². The van der Waals surface area contributed by atoms with E-state index in [0.29, 0.717) is 10.7 Å². The molecule has 0 aromatic carbocycles. The smallest absolute Gasteiger partial charge is 0.213 e. The number of H-pyrrole nitrogens is 2. The van der Waals surface area contributed by atoms with E-state index in [1.54, 1.807) is 0 Å². The number of rotatable bonds is 1. The van der Waals surface area contributed by atoms with Gasteiger partial charge in [-0.2, -0.15) is 0 Å². The number of likely N-dealkylation sites (tertiary alicyclic amines) is 1. The van der Waals surface area contributed by atoms with Gasteiger partial charge >= 0.3 is 0 Å². The average Bonchev–Trinajstić information content (AvgIpc) is 2.58. The van der Waals surface area contributed by atoms with E-state index in [1.807, 2.05) is 0 Å². The molecule has 2 N–H and O–H groups in total. The van der Waals surface area contributed by atoms with Crippen LogP contribution in [0.1, 0.15) is 18.2 Å². The first-order valence-electron chi connectivity index (χ1n) is 4.09. The standard InChI is InChI=1S/C7H12N4S/c1-11-3-2-5(4-11)6-8-7(12)10-9-6/h5H,2-4H2,1H3,(H2,8,9,10,12). The summed E-state index contributed by atoms with van der Waals surface area (Å²) in [4.78, 5) is 6.51. The van der Waals surface area contributed by atoms with Gasteiger partial charge in [-0.05, 0) is 32.2 Å². The third-order valence-electron chi connectivity index (χ3n) is 2.30. The normalized spacial score (nSPS) is 24.9. The van der Waals surface area contributed by atoms with Gasteiger partial charge in [-0.25, -0.2) is 4.98 Å². The number of nitrogens with one attached hydrogen (secondary N) is 2. The maximum atomic E-state index is 4.89. The van der Waals surface area contributed by atoms with Gasteiger partial charge in [0.15, 0.2) is 0 Å². The van der Waals surface area contributed by atoms with Gasteiger partial charge in [0, 0.05) is 12.5 Å². The summed E-state index contributed by atoms with van der Waals surface area (Å²) < 4.78 is 0.555. The van der Waals surface area contributed by atoms with Crippen LogP contribution in [0.2, 0.25) is 0 Å². The van der Waals surface area contributed by atoms with Crippen molar-refractivity contribution in [3.63, 3.8) is 0 Å². The number of hydrogen-bond acceptors (Lipinski definition) is 3. The number of aromatic nitrogens is 3. The fourth-order valence-electron chi connectivity index (χ4n) is 1.63. The van der Waals surface area contributed by atoms with Crippen molar-refractivity contribution in [2.45, 2.75) is 12.3 Å². The lowest BCUT2D eigenvalue weighted by Crippen LogP contribution is -2.13. The first-order chi connectivity index (χ1) is 5.75. The highest BCUT2D eigenvalue weighted by atomic mass is 32.1. The monoisotopic (exact) mass is 184 g/mol. The number of aromatic amines is 2. The molecule has 0 amide bonds. The average molecular weight is 184 g/mol. The lowest BCUT2D eigenvalue weighted by atomic mass is 10.1. The molecule has 1 aliphatic rings. The Bertz CT molecular complexity index is 315. The fourth-order valence-corrected chi connectivity index (χ4v) is 1.78. The molecular formula is C7H12N4S. The second-order valence-corrected chi connectivity index (χ2v) is 3.69. The molecule has 5 heteroatoms. The van der Waals surface area contributed by atoms with Gasteiger partial charge in [-0.1, -0.05) is 0 Å². The molecule has 1 fully saturated rings. The van der Waals surface area contributed by atoms with Crippen molar-refractivity contribution in [2.24, 2.45) is 0 Å². The summed E-state index contributed by atoms with van der Waals surface area (Å²) in [6, 6.07) is 0. The Morgan fingerprint density at radius 1 is 1.58 bits per heavy atom. The van der Waals surface area contributed by atoms with Crippen LogP contribution >= 0.6 is 12.2 Å². The molecule has 0 bridgehead atoms. The minimum absolute atomic E-state index is 0.531. The molecule has 1 atom stereocenters. The summed E-state index contributed by atoms with van der Waals surface area (Å²) >= 11 is 4.89. The molecule has 2 rings (SSSR count). The van der Waals surface area contributed by atoms with Gasteiger partial charge in [0.1, 0.15) is 5.82 Å². The maximum absolute atomic E-state index is 4.89. The zero-order valence-corrected chi connectivity index (χ0v) is 7.82. The molecule has 1 aromatic rings. The van der Waals surface area contributed by atoms with Crippen LogP contribution < -0.4 is 0 Å². The summed E-state index contributed by atoms with van der Waals surface area (Å²) in [5.74, 6) is 1.53. The minimum atomic E-state index is 0.531. The van der Waals surface area contributed by atoms with Gasteiger partial charge in [0.05, 0.1) is 0 Å². The SMILES string of the molecule is CN1CCC(c2nc(=S)[nH][nH]2)C1. The van der Waals surface area contributed by atoms with E-state index in [2.05, 4.69) is 27.1 Å². The van der Waals surface area contributed by atoms with Crippen LogP contribution in [-0.4, -0.2) is 40.2 Å². The fraction of sp³-hybridized carbons (Fsp3) is 0.714. The van der Waals surface area contributed by atoms with Gasteiger partial charge in [0.2, 0.25) is 4.77 Å². The Kier molecular flexibility index (Phi) is 1.98. The van der Waals surface area contributed by atoms with Crippen LogP contribution in [0.15, 0.2) is 0 Å². The zero-order valence-electron chi connectivity index (χ0n) is 7.00. The van der Waals surface area contributed by atoms with Gasteiger partial charge in [-0.15, -0.1) is 0 Å². The summed E-state index contributed by atoms with van der Waals surface area (Å²) in [5.41, 5.74) is 0. The molecule has 0 radical (unpaired) electrons. The molecule has 1 unspecified atom stereocenters. The van der Waals surface area contributed by atoms with E-state index in [4.69, 9.17) is 12.2 Å². The van der Waals surface area contributed by atoms with E-state index in [-0.39, 0.29) is 0 Å². The predicted octanol–water partition coefficient (Wildman–Crippen LogP) is 0.886. The summed E-state index contributed by atoms with van der Waals surface area (Å²) in [7, 11) is 2.13. The van der Waals surface area contributed by atoms with Crippen LogP contribution in [0.3, 0.4) is 0 Å². The first kappa shape index (κ1) is 7.94. The Morgan fingerprint density at radius 2 is 2.42 bits per heavy atom. The second-order valence-electron chi connectivity index (χ2n) is 3.30. The minimum Gasteiger partial charge on any atom is -0.306 e. The van der Waals surface area contributed by atoms with E-state index >= 15 is 0 Å². The molecular weight excluding hydrogens is 172 g/mol. The Balaban J connectivity index is 2.16. The molecule has 0 saturated carbocycles. The van der Waals surface area contributed by atoms with Crippen molar-refractivity contribution in [1.29, 1.82) is 0 Å². The highest BCUT2D eigenvalue weighted by Gasteiger charge is 2.22. The van der Waals surface area contributed by atoms with Crippen LogP contribution in [0.5, 0.6) is 0 Å². The Labute approximate surface area is 76.0 Å². The largest absolute Gasteiger partial charge is 0.306 e. The number of likely N-dealkylation sites (N-methyl/N-ethyl adjacent to an activating group) is 1. The summed E-state index contributed by atoms with van der Waals surface area (Å²) in [5, 5.41) is 5.82. The third kappa shape index (κ3) is 1.42. The zero-order chi connectivity index (χ0) is 8.55. The van der Waals surface area contributed by atoms with Gasteiger partial charge in [0.25, 0.3) is 0 Å². The van der Waals surface area contributed by atoms with E-state index in [1.165, 1.54) is 6.42 Å². The lowest BCUT2D eigenvalue weighted by molar-refractivity contribution is 0.410. The molecule has 0 spiro atoms. The highest BCUT2D eigenvalue weighted by molar-refractivity contribution is 7.71. The molecule has 2 heterocycles. The topological polar surface area (TPSA) is 47.7 Å². The van der Waals surface area contributed by atoms with Crippen LogP contribution in [-0.2, 0) is 0 Å². The molecule has 1 saturated heterocycles. The third-order valence-corrected chi connectivity index (χ3v) is 2.49. The van der Waals surface area contributed by atoms with Crippen molar-refractivity contribution >= 4 is 12.2 Å². The molecule has 1 aliphatic heterocycles. The lowest BCUT2D eigenvalue weighted by Gasteiger charge is -2.06. The number of nitrogens with zero attached hydrogens (tertiary/aromatic N) is 2. The van der Waals surface area contributed by atoms with Gasteiger partial charge in [-0.3, -0.25) is 10.2 Å². The second kappa shape index (κ2) is 2.99. The van der Waals surface area contributed by atoms with E-state index in [0.717, 1.165) is 18.9 Å². The van der Waals surface area contributed by atoms with Crippen molar-refractivity contribution in [1.82, 2.24) is 20.1 Å². The molecule has 0 aliphatic carbocycles. The van der Waals surface area contributed by atoms with Gasteiger partial charge < -0.3 is 4.90 Å². The molecule has 66 valence electrons. The quantitative estimate of drug-likeness (QED) is 0.637. The molecule has 1 aromatic heterocycles. The Hall–Kier alpha value is -0.680. The van der Waals surface area contributed by atoms with Crippen LogP contribution in [0, 0.1) is 4.77 Å². The van der Waals surface area contributed by atoms with Crippen molar-refractivity contribution in [2.75, 3.05) is 20.1 Å². The summed E-state index contributed by atoms with van der Waals surface area (Å²) in [6.45, 7) is 2.23. The van der Waals surface area contributed by atoms with E-state index in [9.17, 15) is 0 Å². The maximum Gasteiger partial charge on any atom is 0.213 e. The predicted molar refractivity (Wildman–Crippen MR) is 48.6 cm³/mol.